The number of carbonyl (C=O) groups is 2. The topological polar surface area (TPSA) is 61.4 Å². The molecule has 1 saturated heterocycles. The van der Waals surface area contributed by atoms with Crippen LogP contribution in [0.1, 0.15) is 25.5 Å². The van der Waals surface area contributed by atoms with Gasteiger partial charge in [0, 0.05) is 24.2 Å². The molecule has 108 valence electrons. The third-order valence-corrected chi connectivity index (χ3v) is 3.58. The minimum Gasteiger partial charge on any atom is -0.336 e. The van der Waals surface area contributed by atoms with Crippen LogP contribution in [-0.2, 0) is 4.79 Å². The first-order chi connectivity index (χ1) is 9.49. The number of imide groups is 1. The van der Waals surface area contributed by atoms with E-state index < -0.39 is 6.04 Å². The molecule has 1 aliphatic heterocycles. The minimum absolute atomic E-state index is 0.0293. The highest BCUT2D eigenvalue weighted by molar-refractivity contribution is 6.30. The largest absolute Gasteiger partial charge is 0.336 e. The Morgan fingerprint density at radius 1 is 1.45 bits per heavy atom. The molecule has 5 nitrogen and oxygen atoms in total. The van der Waals surface area contributed by atoms with E-state index in [1.807, 2.05) is 25.1 Å². The average molecular weight is 296 g/mol. The predicted octanol–water partition coefficient (Wildman–Crippen LogP) is 1.93. The van der Waals surface area contributed by atoms with E-state index in [1.54, 1.807) is 13.0 Å². The number of nitrogens with one attached hydrogen (secondary N) is 2. The number of hydrogen-bond acceptors (Lipinski definition) is 3. The second-order valence-electron chi connectivity index (χ2n) is 4.89. The van der Waals surface area contributed by atoms with Crippen LogP contribution in [0, 0.1) is 0 Å². The van der Waals surface area contributed by atoms with E-state index >= 15 is 0 Å². The summed E-state index contributed by atoms with van der Waals surface area (Å²) in [5.41, 5.74) is 1.00. The van der Waals surface area contributed by atoms with Gasteiger partial charge in [-0.05, 0) is 31.5 Å². The van der Waals surface area contributed by atoms with Gasteiger partial charge in [-0.25, -0.2) is 4.79 Å². The lowest BCUT2D eigenvalue weighted by atomic mass is 10.1. The van der Waals surface area contributed by atoms with Crippen molar-refractivity contribution in [3.05, 3.63) is 34.9 Å². The molecule has 0 saturated carbocycles. The Morgan fingerprint density at radius 2 is 2.20 bits per heavy atom. The SMILES string of the molecule is C[C@H](N[C@H](C)C(=O)N1CCNC1=O)c1cccc(Cl)c1. The third-order valence-electron chi connectivity index (χ3n) is 3.34. The Labute approximate surface area is 123 Å². The Bertz CT molecular complexity index is 521. The van der Waals surface area contributed by atoms with Crippen molar-refractivity contribution < 1.29 is 9.59 Å². The van der Waals surface area contributed by atoms with E-state index in [-0.39, 0.29) is 18.0 Å². The van der Waals surface area contributed by atoms with Crippen LogP contribution in [0.3, 0.4) is 0 Å². The molecule has 1 aliphatic rings. The van der Waals surface area contributed by atoms with Gasteiger partial charge in [0.05, 0.1) is 6.04 Å². The normalized spacial score (nSPS) is 17.8. The monoisotopic (exact) mass is 295 g/mol. The molecule has 0 aliphatic carbocycles. The lowest BCUT2D eigenvalue weighted by Gasteiger charge is -2.23. The van der Waals surface area contributed by atoms with Crippen LogP contribution in [0.25, 0.3) is 0 Å². The van der Waals surface area contributed by atoms with Crippen molar-refractivity contribution in [1.82, 2.24) is 15.5 Å². The quantitative estimate of drug-likeness (QED) is 0.892. The second kappa shape index (κ2) is 6.24. The van der Waals surface area contributed by atoms with Crippen molar-refractivity contribution >= 4 is 23.5 Å². The molecule has 1 heterocycles. The van der Waals surface area contributed by atoms with Crippen LogP contribution in [-0.4, -0.2) is 36.0 Å². The van der Waals surface area contributed by atoms with E-state index in [9.17, 15) is 9.59 Å². The van der Waals surface area contributed by atoms with E-state index in [0.717, 1.165) is 5.56 Å². The van der Waals surface area contributed by atoms with Crippen LogP contribution in [0.2, 0.25) is 5.02 Å². The van der Waals surface area contributed by atoms with Gasteiger partial charge in [-0.3, -0.25) is 15.0 Å². The van der Waals surface area contributed by atoms with Gasteiger partial charge < -0.3 is 5.32 Å². The van der Waals surface area contributed by atoms with Gasteiger partial charge in [-0.15, -0.1) is 0 Å². The first kappa shape index (κ1) is 14.8. The molecule has 0 spiro atoms. The van der Waals surface area contributed by atoms with Crippen LogP contribution in [0.4, 0.5) is 4.79 Å². The Balaban J connectivity index is 1.98. The lowest BCUT2D eigenvalue weighted by molar-refractivity contribution is -0.129. The standard InChI is InChI=1S/C14H18ClN3O2/c1-9(11-4-3-5-12(15)8-11)17-10(2)13(19)18-7-6-16-14(18)20/h3-5,8-10,17H,6-7H2,1-2H3,(H,16,20)/t9-,10+/m0/s1. The summed E-state index contributed by atoms with van der Waals surface area (Å²) in [4.78, 5) is 24.9. The lowest BCUT2D eigenvalue weighted by Crippen LogP contribution is -2.46. The smallest absolute Gasteiger partial charge is 0.324 e. The zero-order valence-electron chi connectivity index (χ0n) is 11.5. The summed E-state index contributed by atoms with van der Waals surface area (Å²) in [5.74, 6) is -0.214. The Hall–Kier alpha value is -1.59. The van der Waals surface area contributed by atoms with E-state index in [1.165, 1.54) is 4.90 Å². The molecule has 2 rings (SSSR count). The fourth-order valence-electron chi connectivity index (χ4n) is 2.23. The molecule has 2 N–H and O–H groups in total. The number of benzene rings is 1. The summed E-state index contributed by atoms with van der Waals surface area (Å²) in [5, 5.41) is 6.47. The molecule has 1 fully saturated rings. The summed E-state index contributed by atoms with van der Waals surface area (Å²) in [6.07, 6.45) is 0. The van der Waals surface area contributed by atoms with Crippen molar-refractivity contribution in [2.75, 3.05) is 13.1 Å². The Morgan fingerprint density at radius 3 is 2.80 bits per heavy atom. The van der Waals surface area contributed by atoms with E-state index in [4.69, 9.17) is 11.6 Å². The van der Waals surface area contributed by atoms with Crippen LogP contribution in [0.15, 0.2) is 24.3 Å². The van der Waals surface area contributed by atoms with Gasteiger partial charge in [0.25, 0.3) is 0 Å². The zero-order valence-corrected chi connectivity index (χ0v) is 12.3. The Kier molecular flexibility index (Phi) is 4.62. The fourth-order valence-corrected chi connectivity index (χ4v) is 2.43. The first-order valence-corrected chi connectivity index (χ1v) is 6.97. The fraction of sp³-hybridized carbons (Fsp3) is 0.429. The highest BCUT2D eigenvalue weighted by Crippen LogP contribution is 2.18. The number of nitrogens with zero attached hydrogens (tertiary/aromatic N) is 1. The molecule has 1 aromatic rings. The number of urea groups is 1. The second-order valence-corrected chi connectivity index (χ2v) is 5.32. The molecule has 2 atom stereocenters. The summed E-state index contributed by atoms with van der Waals surface area (Å²) in [6, 6.07) is 6.70. The molecular weight excluding hydrogens is 278 g/mol. The van der Waals surface area contributed by atoms with Crippen molar-refractivity contribution in [2.45, 2.75) is 25.9 Å². The van der Waals surface area contributed by atoms with Gasteiger partial charge >= 0.3 is 6.03 Å². The van der Waals surface area contributed by atoms with Crippen molar-refractivity contribution in [3.8, 4) is 0 Å². The predicted molar refractivity (Wildman–Crippen MR) is 77.6 cm³/mol. The molecule has 1 aromatic carbocycles. The number of halogens is 1. The number of carbonyl (C=O) groups excluding carboxylic acids is 2. The zero-order chi connectivity index (χ0) is 14.7. The number of amides is 3. The molecule has 0 unspecified atom stereocenters. The van der Waals surface area contributed by atoms with Crippen LogP contribution in [0.5, 0.6) is 0 Å². The highest BCUT2D eigenvalue weighted by atomic mass is 35.5. The average Bonchev–Trinajstić information content (AvgIpc) is 2.84. The van der Waals surface area contributed by atoms with Crippen LogP contribution < -0.4 is 10.6 Å². The van der Waals surface area contributed by atoms with Crippen molar-refractivity contribution in [3.63, 3.8) is 0 Å². The highest BCUT2D eigenvalue weighted by Gasteiger charge is 2.30. The molecule has 0 aromatic heterocycles. The maximum Gasteiger partial charge on any atom is 0.324 e. The number of rotatable bonds is 4. The van der Waals surface area contributed by atoms with Gasteiger partial charge in [-0.1, -0.05) is 23.7 Å². The molecule has 3 amide bonds. The number of hydrogen-bond donors (Lipinski definition) is 2. The van der Waals surface area contributed by atoms with Crippen molar-refractivity contribution in [1.29, 1.82) is 0 Å². The summed E-state index contributed by atoms with van der Waals surface area (Å²) in [7, 11) is 0. The first-order valence-electron chi connectivity index (χ1n) is 6.59. The van der Waals surface area contributed by atoms with Crippen LogP contribution >= 0.6 is 11.6 Å². The van der Waals surface area contributed by atoms with Crippen molar-refractivity contribution in [2.24, 2.45) is 0 Å². The summed E-state index contributed by atoms with van der Waals surface area (Å²) >= 11 is 5.95. The van der Waals surface area contributed by atoms with Gasteiger partial charge in [-0.2, -0.15) is 0 Å². The maximum absolute atomic E-state index is 12.2. The molecule has 20 heavy (non-hydrogen) atoms. The van der Waals surface area contributed by atoms with Gasteiger partial charge in [0.15, 0.2) is 0 Å². The van der Waals surface area contributed by atoms with E-state index in [2.05, 4.69) is 10.6 Å². The molecule has 6 heteroatoms. The summed E-state index contributed by atoms with van der Waals surface area (Å²) < 4.78 is 0. The molecular formula is C14H18ClN3O2. The minimum atomic E-state index is -0.437. The molecule has 0 radical (unpaired) electrons. The summed E-state index contributed by atoms with van der Waals surface area (Å²) in [6.45, 7) is 4.66. The third kappa shape index (κ3) is 3.29. The van der Waals surface area contributed by atoms with E-state index in [0.29, 0.717) is 18.1 Å². The van der Waals surface area contributed by atoms with Gasteiger partial charge in [0.2, 0.25) is 5.91 Å². The van der Waals surface area contributed by atoms with Gasteiger partial charge in [0.1, 0.15) is 0 Å². The maximum atomic E-state index is 12.2. The molecule has 0 bridgehead atoms.